The first kappa shape index (κ1) is 25.1. The van der Waals surface area contributed by atoms with Crippen molar-refractivity contribution in [1.82, 2.24) is 19.7 Å². The second-order valence-electron chi connectivity index (χ2n) is 8.32. The maximum absolute atomic E-state index is 12.9. The maximum Gasteiger partial charge on any atom is 0.241 e. The summed E-state index contributed by atoms with van der Waals surface area (Å²) in [5, 5.41) is 18.3. The molecule has 1 fully saturated rings. The van der Waals surface area contributed by atoms with Crippen molar-refractivity contribution in [3.05, 3.63) is 54.7 Å². The Bertz CT molecular complexity index is 1230. The number of rotatable bonds is 10. The van der Waals surface area contributed by atoms with Gasteiger partial charge in [-0.3, -0.25) is 4.68 Å². The van der Waals surface area contributed by atoms with E-state index in [4.69, 9.17) is 14.2 Å². The normalized spacial score (nSPS) is 20.5. The minimum absolute atomic E-state index is 0.104. The SMILES string of the molecule is COc1cccc(S(=O)(=O)N[C@H]2CC[C@@H](CCn3cc(-c4ccccc4OC)nn3)O[C@@H]2CO)c1. The molecule has 0 amide bonds. The van der Waals surface area contributed by atoms with Crippen molar-refractivity contribution in [2.24, 2.45) is 0 Å². The number of aromatic nitrogens is 3. The minimum atomic E-state index is -3.79. The van der Waals surface area contributed by atoms with Gasteiger partial charge in [-0.25, -0.2) is 13.1 Å². The van der Waals surface area contributed by atoms with Gasteiger partial charge in [0.2, 0.25) is 10.0 Å². The third-order valence-corrected chi connectivity index (χ3v) is 7.54. The van der Waals surface area contributed by atoms with Crippen LogP contribution in [0.2, 0.25) is 0 Å². The first-order valence-corrected chi connectivity index (χ1v) is 12.9. The molecule has 2 aromatic carbocycles. The Morgan fingerprint density at radius 2 is 1.97 bits per heavy atom. The Morgan fingerprint density at radius 3 is 2.74 bits per heavy atom. The number of para-hydroxylation sites is 1. The average molecular weight is 503 g/mol. The molecule has 1 saturated heterocycles. The number of nitrogens with one attached hydrogen (secondary N) is 1. The molecule has 188 valence electrons. The van der Waals surface area contributed by atoms with E-state index in [0.29, 0.717) is 37.3 Å². The van der Waals surface area contributed by atoms with Crippen LogP contribution in [0.25, 0.3) is 11.3 Å². The van der Waals surface area contributed by atoms with Gasteiger partial charge in [-0.05, 0) is 43.5 Å². The number of nitrogens with zero attached hydrogens (tertiary/aromatic N) is 3. The quantitative estimate of drug-likeness (QED) is 0.433. The van der Waals surface area contributed by atoms with Crippen molar-refractivity contribution in [3.63, 3.8) is 0 Å². The molecule has 11 heteroatoms. The van der Waals surface area contributed by atoms with Gasteiger partial charge < -0.3 is 19.3 Å². The van der Waals surface area contributed by atoms with Gasteiger partial charge in [-0.15, -0.1) is 5.10 Å². The number of aliphatic hydroxyl groups excluding tert-OH is 1. The smallest absolute Gasteiger partial charge is 0.241 e. The molecule has 1 aliphatic rings. The summed E-state index contributed by atoms with van der Waals surface area (Å²) in [5.74, 6) is 1.18. The van der Waals surface area contributed by atoms with E-state index >= 15 is 0 Å². The minimum Gasteiger partial charge on any atom is -0.497 e. The van der Waals surface area contributed by atoms with E-state index in [9.17, 15) is 13.5 Å². The van der Waals surface area contributed by atoms with E-state index in [-0.39, 0.29) is 17.6 Å². The number of aliphatic hydroxyl groups is 1. The summed E-state index contributed by atoms with van der Waals surface area (Å²) >= 11 is 0. The molecule has 0 aliphatic carbocycles. The van der Waals surface area contributed by atoms with Crippen LogP contribution in [0.15, 0.2) is 59.6 Å². The number of hydrogen-bond acceptors (Lipinski definition) is 8. The summed E-state index contributed by atoms with van der Waals surface area (Å²) in [6.45, 7) is 0.286. The van der Waals surface area contributed by atoms with Gasteiger partial charge in [-0.1, -0.05) is 23.4 Å². The van der Waals surface area contributed by atoms with Crippen LogP contribution in [0.3, 0.4) is 0 Å². The van der Waals surface area contributed by atoms with Gasteiger partial charge in [-0.2, -0.15) is 0 Å². The number of sulfonamides is 1. The third-order valence-electron chi connectivity index (χ3n) is 6.06. The largest absolute Gasteiger partial charge is 0.497 e. The Balaban J connectivity index is 1.35. The van der Waals surface area contributed by atoms with E-state index in [1.54, 1.807) is 23.9 Å². The van der Waals surface area contributed by atoms with Crippen LogP contribution in [0.4, 0.5) is 0 Å². The molecule has 2 heterocycles. The molecule has 0 unspecified atom stereocenters. The molecular formula is C24H30N4O6S. The lowest BCUT2D eigenvalue weighted by molar-refractivity contribution is -0.0891. The lowest BCUT2D eigenvalue weighted by Crippen LogP contribution is -2.50. The van der Waals surface area contributed by atoms with Gasteiger partial charge in [0.05, 0.1) is 50.2 Å². The summed E-state index contributed by atoms with van der Waals surface area (Å²) < 4.78 is 46.7. The molecule has 1 aromatic heterocycles. The van der Waals surface area contributed by atoms with Crippen molar-refractivity contribution < 1.29 is 27.7 Å². The van der Waals surface area contributed by atoms with Crippen molar-refractivity contribution in [3.8, 4) is 22.8 Å². The topological polar surface area (TPSA) is 125 Å². The van der Waals surface area contributed by atoms with Gasteiger partial charge in [0.15, 0.2) is 0 Å². The van der Waals surface area contributed by atoms with E-state index < -0.39 is 22.2 Å². The molecule has 0 bridgehead atoms. The summed E-state index contributed by atoms with van der Waals surface area (Å²) in [7, 11) is -0.694. The number of ether oxygens (including phenoxy) is 3. The Kier molecular flexibility index (Phi) is 8.01. The van der Waals surface area contributed by atoms with Crippen molar-refractivity contribution >= 4 is 10.0 Å². The van der Waals surface area contributed by atoms with Crippen molar-refractivity contribution in [2.75, 3.05) is 20.8 Å². The van der Waals surface area contributed by atoms with Gasteiger partial charge in [0.25, 0.3) is 0 Å². The summed E-state index contributed by atoms with van der Waals surface area (Å²) in [6, 6.07) is 13.3. The zero-order valence-electron chi connectivity index (χ0n) is 19.7. The maximum atomic E-state index is 12.9. The van der Waals surface area contributed by atoms with E-state index in [2.05, 4.69) is 15.0 Å². The van der Waals surface area contributed by atoms with Crippen LogP contribution in [-0.2, 0) is 21.3 Å². The van der Waals surface area contributed by atoms with E-state index in [1.807, 2.05) is 30.5 Å². The molecule has 3 aromatic rings. The predicted molar refractivity (Wildman–Crippen MR) is 129 cm³/mol. The van der Waals surface area contributed by atoms with Crippen LogP contribution in [0.1, 0.15) is 19.3 Å². The fraction of sp³-hybridized carbons (Fsp3) is 0.417. The van der Waals surface area contributed by atoms with E-state index in [0.717, 1.165) is 11.3 Å². The third kappa shape index (κ3) is 5.99. The van der Waals surface area contributed by atoms with Crippen LogP contribution in [0, 0.1) is 0 Å². The predicted octanol–water partition coefficient (Wildman–Crippen LogP) is 2.24. The highest BCUT2D eigenvalue weighted by Crippen LogP contribution is 2.28. The van der Waals surface area contributed by atoms with Gasteiger partial charge in [0.1, 0.15) is 17.2 Å². The molecule has 3 atom stereocenters. The Labute approximate surface area is 204 Å². The second-order valence-corrected chi connectivity index (χ2v) is 10.0. The fourth-order valence-electron chi connectivity index (χ4n) is 4.18. The summed E-state index contributed by atoms with van der Waals surface area (Å²) in [6.07, 6.45) is 2.92. The number of benzene rings is 2. The highest BCUT2D eigenvalue weighted by atomic mass is 32.2. The highest BCUT2D eigenvalue weighted by molar-refractivity contribution is 7.89. The molecule has 0 spiro atoms. The molecule has 4 rings (SSSR count). The molecule has 1 aliphatic heterocycles. The fourth-order valence-corrected chi connectivity index (χ4v) is 5.51. The van der Waals surface area contributed by atoms with Crippen LogP contribution < -0.4 is 14.2 Å². The summed E-state index contributed by atoms with van der Waals surface area (Å²) in [4.78, 5) is 0.104. The molecule has 0 radical (unpaired) electrons. The number of aryl methyl sites for hydroxylation is 1. The van der Waals surface area contributed by atoms with E-state index in [1.165, 1.54) is 19.2 Å². The number of methoxy groups -OCH3 is 2. The standard InChI is InChI=1S/C24H30N4O6S/c1-32-18-6-5-7-19(14-18)35(30,31)26-21-11-10-17(34-24(21)16-29)12-13-28-15-22(25-27-28)20-8-3-4-9-23(20)33-2/h3-9,14-15,17,21,24,26,29H,10-13,16H2,1-2H3/t17-,21-,24+/m0/s1. The zero-order chi connectivity index (χ0) is 24.8. The summed E-state index contributed by atoms with van der Waals surface area (Å²) in [5.41, 5.74) is 1.58. The second kappa shape index (κ2) is 11.2. The molecule has 35 heavy (non-hydrogen) atoms. The molecular weight excluding hydrogens is 472 g/mol. The molecule has 2 N–H and O–H groups in total. The molecule has 0 saturated carbocycles. The highest BCUT2D eigenvalue weighted by Gasteiger charge is 2.34. The van der Waals surface area contributed by atoms with Gasteiger partial charge >= 0.3 is 0 Å². The number of hydrogen-bond donors (Lipinski definition) is 2. The average Bonchev–Trinajstić information content (AvgIpc) is 3.36. The monoisotopic (exact) mass is 502 g/mol. The lowest BCUT2D eigenvalue weighted by atomic mass is 9.98. The Hall–Kier alpha value is -2.99. The zero-order valence-corrected chi connectivity index (χ0v) is 20.5. The van der Waals surface area contributed by atoms with Gasteiger partial charge in [0, 0.05) is 18.2 Å². The Morgan fingerprint density at radius 1 is 1.14 bits per heavy atom. The first-order chi connectivity index (χ1) is 16.9. The van der Waals surface area contributed by atoms with Crippen molar-refractivity contribution in [1.29, 1.82) is 0 Å². The van der Waals surface area contributed by atoms with Crippen molar-refractivity contribution in [2.45, 2.75) is 49.0 Å². The van der Waals surface area contributed by atoms with Crippen LogP contribution in [0.5, 0.6) is 11.5 Å². The van der Waals surface area contributed by atoms with Crippen LogP contribution >= 0.6 is 0 Å². The first-order valence-electron chi connectivity index (χ1n) is 11.4. The lowest BCUT2D eigenvalue weighted by Gasteiger charge is -2.36. The van der Waals surface area contributed by atoms with Crippen LogP contribution in [-0.4, -0.2) is 67.6 Å². The molecule has 10 nitrogen and oxygen atoms in total.